The number of nitrogens with zero attached hydrogens (tertiary/aromatic N) is 2. The van der Waals surface area contributed by atoms with Gasteiger partial charge in [-0.05, 0) is 12.1 Å². The minimum absolute atomic E-state index is 0.129. The zero-order chi connectivity index (χ0) is 12.3. The smallest absolute Gasteiger partial charge is 0.342 e. The minimum atomic E-state index is -1.28. The molecule has 2 heterocycles. The number of rotatable bonds is 4. The van der Waals surface area contributed by atoms with E-state index in [-0.39, 0.29) is 11.5 Å². The third-order valence-corrected chi connectivity index (χ3v) is 2.00. The van der Waals surface area contributed by atoms with Crippen LogP contribution in [-0.2, 0) is 6.54 Å². The van der Waals surface area contributed by atoms with Gasteiger partial charge in [0.1, 0.15) is 11.3 Å². The van der Waals surface area contributed by atoms with E-state index >= 15 is 0 Å². The van der Waals surface area contributed by atoms with Crippen LogP contribution in [0.15, 0.2) is 29.0 Å². The van der Waals surface area contributed by atoms with Gasteiger partial charge in [0.15, 0.2) is 0 Å². The minimum Gasteiger partial charge on any atom is -0.493 e. The van der Waals surface area contributed by atoms with Crippen molar-refractivity contribution in [2.75, 3.05) is 5.32 Å². The van der Waals surface area contributed by atoms with Gasteiger partial charge in [0.2, 0.25) is 11.8 Å². The molecule has 0 aliphatic heterocycles. The van der Waals surface area contributed by atoms with E-state index in [2.05, 4.69) is 15.3 Å². The summed E-state index contributed by atoms with van der Waals surface area (Å²) >= 11 is 0. The number of aromatic hydroxyl groups is 1. The zero-order valence-corrected chi connectivity index (χ0v) is 8.62. The fourth-order valence-corrected chi connectivity index (χ4v) is 1.19. The molecule has 0 saturated carbocycles. The summed E-state index contributed by atoms with van der Waals surface area (Å²) in [4.78, 5) is 18.0. The summed E-state index contributed by atoms with van der Waals surface area (Å²) < 4.78 is 5.07. The first kappa shape index (κ1) is 10.9. The highest BCUT2D eigenvalue weighted by molar-refractivity contribution is 5.89. The Hall–Kier alpha value is -2.57. The van der Waals surface area contributed by atoms with E-state index in [1.807, 2.05) is 0 Å². The van der Waals surface area contributed by atoms with Crippen LogP contribution in [-0.4, -0.2) is 26.2 Å². The maximum absolute atomic E-state index is 10.6. The van der Waals surface area contributed by atoms with E-state index < -0.39 is 11.8 Å². The number of hydrogen-bond donors (Lipinski definition) is 3. The lowest BCUT2D eigenvalue weighted by Crippen LogP contribution is -2.06. The van der Waals surface area contributed by atoms with Crippen molar-refractivity contribution in [2.24, 2.45) is 0 Å². The summed E-state index contributed by atoms with van der Waals surface area (Å²) in [5.41, 5.74) is -0.339. The summed E-state index contributed by atoms with van der Waals surface area (Å²) in [6, 6.07) is 3.50. The number of aromatic carboxylic acids is 1. The lowest BCUT2D eigenvalue weighted by molar-refractivity contribution is 0.0692. The highest BCUT2D eigenvalue weighted by Gasteiger charge is 2.12. The monoisotopic (exact) mass is 235 g/mol. The van der Waals surface area contributed by atoms with Gasteiger partial charge in [0.05, 0.1) is 19.0 Å². The van der Waals surface area contributed by atoms with Crippen LogP contribution in [0, 0.1) is 0 Å². The van der Waals surface area contributed by atoms with E-state index in [1.54, 1.807) is 12.1 Å². The van der Waals surface area contributed by atoms with E-state index in [9.17, 15) is 9.90 Å². The van der Waals surface area contributed by atoms with Gasteiger partial charge in [-0.25, -0.2) is 9.78 Å². The summed E-state index contributed by atoms with van der Waals surface area (Å²) in [5, 5.41) is 20.8. The molecule has 2 aromatic rings. The Morgan fingerprint density at radius 2 is 2.35 bits per heavy atom. The average molecular weight is 235 g/mol. The molecule has 7 nitrogen and oxygen atoms in total. The van der Waals surface area contributed by atoms with Gasteiger partial charge in [-0.15, -0.1) is 0 Å². The molecule has 0 radical (unpaired) electrons. The van der Waals surface area contributed by atoms with Crippen LogP contribution < -0.4 is 5.32 Å². The molecule has 7 heteroatoms. The van der Waals surface area contributed by atoms with E-state index in [0.717, 1.165) is 6.20 Å². The number of aromatic nitrogens is 2. The first-order chi connectivity index (χ1) is 8.16. The Morgan fingerprint density at radius 1 is 1.53 bits per heavy atom. The summed E-state index contributed by atoms with van der Waals surface area (Å²) in [5.74, 6) is -1.05. The Balaban J connectivity index is 2.07. The molecule has 2 rings (SSSR count). The Morgan fingerprint density at radius 3 is 2.94 bits per heavy atom. The number of anilines is 1. The Bertz CT molecular complexity index is 524. The van der Waals surface area contributed by atoms with E-state index in [0.29, 0.717) is 12.3 Å². The molecule has 0 atom stereocenters. The van der Waals surface area contributed by atoms with Gasteiger partial charge in [0, 0.05) is 0 Å². The van der Waals surface area contributed by atoms with Crippen LogP contribution in [0.2, 0.25) is 0 Å². The quantitative estimate of drug-likeness (QED) is 0.727. The second kappa shape index (κ2) is 4.52. The molecule has 17 heavy (non-hydrogen) atoms. The number of hydrogen-bond acceptors (Lipinski definition) is 6. The van der Waals surface area contributed by atoms with Crippen molar-refractivity contribution in [3.8, 4) is 5.88 Å². The van der Waals surface area contributed by atoms with E-state index in [4.69, 9.17) is 9.52 Å². The number of carboxylic acids is 1. The molecule has 0 amide bonds. The molecule has 0 unspecified atom stereocenters. The van der Waals surface area contributed by atoms with Crippen molar-refractivity contribution in [3.05, 3.63) is 35.9 Å². The molecule has 0 aliphatic rings. The normalized spacial score (nSPS) is 10.1. The highest BCUT2D eigenvalue weighted by Crippen LogP contribution is 2.14. The van der Waals surface area contributed by atoms with Gasteiger partial charge >= 0.3 is 5.97 Å². The van der Waals surface area contributed by atoms with Crippen molar-refractivity contribution in [2.45, 2.75) is 6.54 Å². The topological polar surface area (TPSA) is 108 Å². The molecule has 88 valence electrons. The van der Waals surface area contributed by atoms with Gasteiger partial charge in [0.25, 0.3) is 0 Å². The van der Waals surface area contributed by atoms with Gasteiger partial charge < -0.3 is 19.9 Å². The number of nitrogens with one attached hydrogen (secondary N) is 1. The summed E-state index contributed by atoms with van der Waals surface area (Å²) in [6.07, 6.45) is 2.57. The van der Waals surface area contributed by atoms with Gasteiger partial charge in [-0.3, -0.25) is 0 Å². The summed E-state index contributed by atoms with van der Waals surface area (Å²) in [6.45, 7) is 0.346. The van der Waals surface area contributed by atoms with Crippen LogP contribution in [0.3, 0.4) is 0 Å². The standard InChI is InChI=1S/C10H9N3O4/c14-8-7(9(15)16)5-12-10(13-8)11-4-6-2-1-3-17-6/h1-3,5H,4H2,(H,15,16)(H2,11,12,13,14). The zero-order valence-electron chi connectivity index (χ0n) is 8.62. The molecule has 3 N–H and O–H groups in total. The predicted octanol–water partition coefficient (Wildman–Crippen LogP) is 1.09. The summed E-state index contributed by atoms with van der Waals surface area (Å²) in [7, 11) is 0. The maximum Gasteiger partial charge on any atom is 0.342 e. The van der Waals surface area contributed by atoms with E-state index in [1.165, 1.54) is 6.26 Å². The highest BCUT2D eigenvalue weighted by atomic mass is 16.4. The van der Waals surface area contributed by atoms with Crippen molar-refractivity contribution < 1.29 is 19.4 Å². The van der Waals surface area contributed by atoms with Crippen molar-refractivity contribution >= 4 is 11.9 Å². The second-order valence-corrected chi connectivity index (χ2v) is 3.17. The lowest BCUT2D eigenvalue weighted by atomic mass is 10.3. The fraction of sp³-hybridized carbons (Fsp3) is 0.100. The first-order valence-electron chi connectivity index (χ1n) is 4.72. The number of carboxylic acid groups (broad SMARTS) is 1. The molecule has 0 fully saturated rings. The Labute approximate surface area is 95.8 Å². The molecular formula is C10H9N3O4. The molecule has 0 bridgehead atoms. The maximum atomic E-state index is 10.6. The predicted molar refractivity (Wildman–Crippen MR) is 56.7 cm³/mol. The molecule has 0 saturated heterocycles. The average Bonchev–Trinajstić information content (AvgIpc) is 2.78. The first-order valence-corrected chi connectivity index (χ1v) is 4.72. The molecule has 0 aromatic carbocycles. The number of carbonyl (C=O) groups is 1. The molecule has 2 aromatic heterocycles. The SMILES string of the molecule is O=C(O)c1cnc(NCc2ccco2)nc1O. The molecule has 0 spiro atoms. The lowest BCUT2D eigenvalue weighted by Gasteiger charge is -2.03. The largest absolute Gasteiger partial charge is 0.493 e. The molecular weight excluding hydrogens is 226 g/mol. The molecule has 0 aliphatic carbocycles. The van der Waals surface area contributed by atoms with Crippen molar-refractivity contribution in [3.63, 3.8) is 0 Å². The third kappa shape index (κ3) is 2.51. The third-order valence-electron chi connectivity index (χ3n) is 2.00. The van der Waals surface area contributed by atoms with Crippen LogP contribution in [0.25, 0.3) is 0 Å². The fourth-order valence-electron chi connectivity index (χ4n) is 1.19. The second-order valence-electron chi connectivity index (χ2n) is 3.17. The van der Waals surface area contributed by atoms with Crippen LogP contribution >= 0.6 is 0 Å². The van der Waals surface area contributed by atoms with Crippen LogP contribution in [0.4, 0.5) is 5.95 Å². The van der Waals surface area contributed by atoms with Gasteiger partial charge in [-0.2, -0.15) is 4.98 Å². The van der Waals surface area contributed by atoms with Crippen LogP contribution in [0.1, 0.15) is 16.1 Å². The Kier molecular flexibility index (Phi) is 2.91. The number of furan rings is 1. The van der Waals surface area contributed by atoms with Crippen molar-refractivity contribution in [1.29, 1.82) is 0 Å². The van der Waals surface area contributed by atoms with Crippen molar-refractivity contribution in [1.82, 2.24) is 9.97 Å². The van der Waals surface area contributed by atoms with Crippen LogP contribution in [0.5, 0.6) is 5.88 Å². The van der Waals surface area contributed by atoms with Gasteiger partial charge in [-0.1, -0.05) is 0 Å².